The fourth-order valence-electron chi connectivity index (χ4n) is 3.57. The first kappa shape index (κ1) is 12.8. The van der Waals surface area contributed by atoms with Gasteiger partial charge in [0.1, 0.15) is 5.82 Å². The van der Waals surface area contributed by atoms with Crippen LogP contribution in [0.2, 0.25) is 0 Å². The van der Waals surface area contributed by atoms with E-state index in [0.717, 1.165) is 24.4 Å². The maximum Gasteiger partial charge on any atom is 0.224 e. The Morgan fingerprint density at radius 2 is 2.19 bits per heavy atom. The Bertz CT molecular complexity index is 707. The van der Waals surface area contributed by atoms with Crippen molar-refractivity contribution < 1.29 is 7.65 Å². The highest BCUT2D eigenvalue weighted by atomic mass is 16.2. The molecule has 1 saturated heterocycles. The molecule has 1 amide bonds. The average Bonchev–Trinajstić information content (AvgIpc) is 2.82. The van der Waals surface area contributed by atoms with Crippen LogP contribution >= 0.6 is 0 Å². The lowest BCUT2D eigenvalue weighted by molar-refractivity contribution is -0.124. The largest absolute Gasteiger partial charge is 0.344 e. The molecule has 1 unspecified atom stereocenters. The number of hydrogen-bond acceptors (Lipinski definition) is 4. The van der Waals surface area contributed by atoms with Crippen LogP contribution in [0.4, 0.5) is 0 Å². The van der Waals surface area contributed by atoms with Gasteiger partial charge in [0.25, 0.3) is 0 Å². The van der Waals surface area contributed by atoms with E-state index in [0.29, 0.717) is 11.8 Å². The van der Waals surface area contributed by atoms with E-state index in [4.69, 9.17) is 0 Å². The summed E-state index contributed by atoms with van der Waals surface area (Å²) in [5.41, 5.74) is 0.428. The third-order valence-corrected chi connectivity index (χ3v) is 4.72. The molecule has 0 radical (unpaired) electrons. The Hall–Kier alpha value is -1.95. The van der Waals surface area contributed by atoms with Gasteiger partial charge in [0, 0.05) is 21.2 Å². The van der Waals surface area contributed by atoms with Gasteiger partial charge in [0.15, 0.2) is 0 Å². The number of amides is 1. The quantitative estimate of drug-likeness (QED) is 0.885. The summed E-state index contributed by atoms with van der Waals surface area (Å²) in [7, 11) is 0. The van der Waals surface area contributed by atoms with Gasteiger partial charge in [-0.05, 0) is 38.8 Å². The summed E-state index contributed by atoms with van der Waals surface area (Å²) in [5.74, 6) is 2.22. The van der Waals surface area contributed by atoms with Gasteiger partial charge < -0.3 is 10.6 Å². The number of nitrogens with one attached hydrogen (secondary N) is 2. The predicted octanol–water partition coefficient (Wildman–Crippen LogP) is 1.04. The van der Waals surface area contributed by atoms with Gasteiger partial charge in [-0.1, -0.05) is 0 Å². The molecule has 0 bridgehead atoms. The number of nitrogens with zero attached hydrogens (tertiary/aromatic N) is 3. The second-order valence-electron chi connectivity index (χ2n) is 6.58. The Kier molecular flexibility index (Phi) is 2.60. The Morgan fingerprint density at radius 3 is 2.95 bits per heavy atom. The third-order valence-electron chi connectivity index (χ3n) is 4.72. The van der Waals surface area contributed by atoms with Crippen LogP contribution in [0.1, 0.15) is 22.5 Å². The minimum atomic E-state index is -0.505. The maximum absolute atomic E-state index is 12.5. The fraction of sp³-hybridized carbons (Fsp3) is 0.533. The highest BCUT2D eigenvalue weighted by molar-refractivity contribution is 5.83. The van der Waals surface area contributed by atoms with E-state index in [9.17, 15) is 4.79 Å². The maximum atomic E-state index is 12.5. The third kappa shape index (κ3) is 1.93. The van der Waals surface area contributed by atoms with Crippen LogP contribution in [0.3, 0.4) is 0 Å². The van der Waals surface area contributed by atoms with Crippen molar-refractivity contribution in [3.05, 3.63) is 30.6 Å². The molecule has 21 heavy (non-hydrogen) atoms. The number of piperidine rings is 1. The molecule has 0 spiro atoms. The highest BCUT2D eigenvalue weighted by Gasteiger charge is 2.57. The summed E-state index contributed by atoms with van der Waals surface area (Å²) < 4.78 is 1.97. The van der Waals surface area contributed by atoms with E-state index in [1.807, 2.05) is 24.4 Å². The van der Waals surface area contributed by atoms with E-state index < -0.39 is 5.54 Å². The molecule has 2 fully saturated rings. The number of fused-ring (bicyclic) bond motifs is 2. The lowest BCUT2D eigenvalue weighted by atomic mass is 10.0. The van der Waals surface area contributed by atoms with E-state index >= 15 is 0 Å². The first-order chi connectivity index (χ1) is 10.1. The van der Waals surface area contributed by atoms with Crippen LogP contribution in [0.15, 0.2) is 24.8 Å². The zero-order chi connectivity index (χ0) is 14.6. The molecule has 6 nitrogen and oxygen atoms in total. The molecule has 2 aromatic rings. The number of carbonyl (C=O) groups excluding carboxylic acids is 1. The molecule has 6 heteroatoms. The van der Waals surface area contributed by atoms with Crippen LogP contribution < -0.4 is 10.6 Å². The molecule has 2 aliphatic rings. The topological polar surface area (TPSA) is 71.3 Å². The van der Waals surface area contributed by atoms with Gasteiger partial charge in [-0.3, -0.25) is 14.2 Å². The summed E-state index contributed by atoms with van der Waals surface area (Å²) in [6, 6.07) is 0. The van der Waals surface area contributed by atoms with Crippen molar-refractivity contribution in [2.45, 2.75) is 19.4 Å². The second kappa shape index (κ2) is 4.27. The summed E-state index contributed by atoms with van der Waals surface area (Å²) in [5, 5.41) is 6.49. The monoisotopic (exact) mass is 289 g/mol. The van der Waals surface area contributed by atoms with Crippen molar-refractivity contribution >= 4 is 11.4 Å². The van der Waals surface area contributed by atoms with Crippen molar-refractivity contribution in [1.29, 1.82) is 0 Å². The molecule has 2 N–H and O–H groups in total. The Balaban J connectivity index is 0.000000960. The normalized spacial score (nSPS) is 27.6. The molecule has 1 saturated carbocycles. The van der Waals surface area contributed by atoms with Crippen molar-refractivity contribution in [1.82, 2.24) is 25.0 Å². The van der Waals surface area contributed by atoms with Gasteiger partial charge >= 0.3 is 0 Å². The van der Waals surface area contributed by atoms with E-state index in [1.165, 1.54) is 0 Å². The van der Waals surface area contributed by atoms with Crippen LogP contribution in [0, 0.1) is 17.8 Å². The van der Waals surface area contributed by atoms with Crippen LogP contribution in [-0.4, -0.2) is 33.4 Å². The molecule has 3 atom stereocenters. The highest BCUT2D eigenvalue weighted by Crippen LogP contribution is 2.49. The van der Waals surface area contributed by atoms with Crippen LogP contribution in [0.5, 0.6) is 0 Å². The smallest absolute Gasteiger partial charge is 0.224 e. The molecule has 2 aromatic heterocycles. The lowest BCUT2D eigenvalue weighted by Gasteiger charge is -2.25. The molecular weight excluding hydrogens is 266 g/mol. The number of aromatic nitrogens is 3. The summed E-state index contributed by atoms with van der Waals surface area (Å²) in [6.07, 6.45) is 7.16. The minimum Gasteiger partial charge on any atom is -0.344 e. The standard InChI is InChI=1S/C15H19N5O.2H2/c1-15(2,14-18-6-9-5-16-3-4-20(9)14)19-13(21)12-10-7-17-8-11(10)12;;/h3-6,10-12,17H,7-8H2,1-2H3,(H,19,21);2*1H/t10-,11+,12?;;. The molecule has 1 aliphatic carbocycles. The predicted molar refractivity (Wildman–Crippen MR) is 81.7 cm³/mol. The minimum absolute atomic E-state index is 0. The number of rotatable bonds is 3. The van der Waals surface area contributed by atoms with Gasteiger partial charge in [-0.15, -0.1) is 0 Å². The van der Waals surface area contributed by atoms with E-state index in [1.54, 1.807) is 18.6 Å². The number of carbonyl (C=O) groups is 1. The first-order valence-electron chi connectivity index (χ1n) is 7.38. The second-order valence-corrected chi connectivity index (χ2v) is 6.58. The van der Waals surface area contributed by atoms with Crippen molar-refractivity contribution in [3.63, 3.8) is 0 Å². The van der Waals surface area contributed by atoms with E-state index in [-0.39, 0.29) is 14.7 Å². The number of imidazole rings is 1. The van der Waals surface area contributed by atoms with Gasteiger partial charge in [-0.25, -0.2) is 4.98 Å². The fourth-order valence-corrected chi connectivity index (χ4v) is 3.57. The zero-order valence-corrected chi connectivity index (χ0v) is 12.2. The number of hydrogen-bond donors (Lipinski definition) is 2. The molecule has 114 valence electrons. The lowest BCUT2D eigenvalue weighted by Crippen LogP contribution is -2.44. The summed E-state index contributed by atoms with van der Waals surface area (Å²) in [4.78, 5) is 21.0. The van der Waals surface area contributed by atoms with Crippen molar-refractivity contribution in [2.75, 3.05) is 13.1 Å². The molecular formula is C15H23N5O. The van der Waals surface area contributed by atoms with Crippen LogP contribution in [-0.2, 0) is 10.3 Å². The average molecular weight is 289 g/mol. The summed E-state index contributed by atoms with van der Waals surface area (Å²) in [6.45, 7) is 5.94. The van der Waals surface area contributed by atoms with Gasteiger partial charge in [-0.2, -0.15) is 0 Å². The summed E-state index contributed by atoms with van der Waals surface area (Å²) >= 11 is 0. The van der Waals surface area contributed by atoms with Crippen LogP contribution in [0.25, 0.3) is 5.52 Å². The Morgan fingerprint density at radius 1 is 1.43 bits per heavy atom. The molecule has 4 rings (SSSR count). The Labute approximate surface area is 125 Å². The first-order valence-corrected chi connectivity index (χ1v) is 7.38. The SMILES string of the molecule is CC(C)(NC(=O)C1[C@H]2CNC[C@@H]12)c1ncc2cnccn12.[HH].[HH]. The molecule has 1 aliphatic heterocycles. The molecule has 3 heterocycles. The van der Waals surface area contributed by atoms with Gasteiger partial charge in [0.2, 0.25) is 5.91 Å². The van der Waals surface area contributed by atoms with Crippen molar-refractivity contribution in [2.24, 2.45) is 17.8 Å². The van der Waals surface area contributed by atoms with Crippen molar-refractivity contribution in [3.8, 4) is 0 Å². The molecule has 0 aromatic carbocycles. The van der Waals surface area contributed by atoms with E-state index in [2.05, 4.69) is 20.6 Å². The zero-order valence-electron chi connectivity index (χ0n) is 12.2. The van der Waals surface area contributed by atoms with Gasteiger partial charge in [0.05, 0.1) is 23.4 Å².